The van der Waals surface area contributed by atoms with Crippen LogP contribution < -0.4 is 16.4 Å². The third-order valence-electron chi connectivity index (χ3n) is 7.80. The fourth-order valence-corrected chi connectivity index (χ4v) is 5.56. The summed E-state index contributed by atoms with van der Waals surface area (Å²) in [7, 11) is 3.31. The predicted molar refractivity (Wildman–Crippen MR) is 156 cm³/mol. The van der Waals surface area contributed by atoms with Gasteiger partial charge >= 0.3 is 6.09 Å². The van der Waals surface area contributed by atoms with Gasteiger partial charge in [-0.2, -0.15) is 0 Å². The number of hydrogen-bond acceptors (Lipinski definition) is 7. The first-order valence-electron chi connectivity index (χ1n) is 14.1. The molecule has 8 heteroatoms. The largest absolute Gasteiger partial charge is 0.453 e. The number of nitrogens with two attached hydrogens (primary N) is 1. The number of aromatic nitrogens is 2. The highest BCUT2D eigenvalue weighted by Gasteiger charge is 2.41. The van der Waals surface area contributed by atoms with Crippen molar-refractivity contribution in [1.29, 1.82) is 0 Å². The van der Waals surface area contributed by atoms with Crippen LogP contribution in [0.2, 0.25) is 0 Å². The molecule has 1 aliphatic heterocycles. The van der Waals surface area contributed by atoms with Crippen LogP contribution in [0.5, 0.6) is 0 Å². The Kier molecular flexibility index (Phi) is 9.26. The molecule has 207 valence electrons. The Labute approximate surface area is 229 Å². The van der Waals surface area contributed by atoms with Gasteiger partial charge in [0.2, 0.25) is 5.95 Å². The summed E-state index contributed by atoms with van der Waals surface area (Å²) < 4.78 is 4.92. The van der Waals surface area contributed by atoms with Gasteiger partial charge in [0.05, 0.1) is 18.8 Å². The summed E-state index contributed by atoms with van der Waals surface area (Å²) >= 11 is 0. The van der Waals surface area contributed by atoms with Crippen LogP contribution in [0, 0.1) is 17.8 Å². The second-order valence-electron chi connectivity index (χ2n) is 10.4. The van der Waals surface area contributed by atoms with Crippen molar-refractivity contribution in [2.24, 2.45) is 17.6 Å². The number of amides is 1. The average Bonchev–Trinajstić information content (AvgIpc) is 3.59. The van der Waals surface area contributed by atoms with E-state index in [1.807, 2.05) is 39.4 Å². The molecule has 4 N–H and O–H groups in total. The third-order valence-corrected chi connectivity index (χ3v) is 7.80. The van der Waals surface area contributed by atoms with Crippen LogP contribution in [-0.2, 0) is 4.74 Å². The van der Waals surface area contributed by atoms with Gasteiger partial charge in [0.25, 0.3) is 0 Å². The Balaban J connectivity index is 0.00000137. The van der Waals surface area contributed by atoms with Gasteiger partial charge in [0.15, 0.2) is 0 Å². The Hall–Kier alpha value is -3.13. The van der Waals surface area contributed by atoms with Gasteiger partial charge in [0.1, 0.15) is 0 Å². The molecule has 1 aromatic heterocycles. The van der Waals surface area contributed by atoms with Crippen LogP contribution >= 0.6 is 0 Å². The Morgan fingerprint density at radius 2 is 1.97 bits per heavy atom. The lowest BCUT2D eigenvalue weighted by Crippen LogP contribution is -2.28. The van der Waals surface area contributed by atoms with Crippen molar-refractivity contribution in [1.82, 2.24) is 20.2 Å². The molecule has 1 amide bonds. The van der Waals surface area contributed by atoms with E-state index >= 15 is 0 Å². The molecule has 3 aliphatic carbocycles. The van der Waals surface area contributed by atoms with Gasteiger partial charge in [-0.1, -0.05) is 45.1 Å². The van der Waals surface area contributed by atoms with E-state index in [9.17, 15) is 4.79 Å². The minimum atomic E-state index is -0.256. The number of rotatable bonds is 6. The van der Waals surface area contributed by atoms with Gasteiger partial charge in [-0.15, -0.1) is 0 Å². The summed E-state index contributed by atoms with van der Waals surface area (Å²) in [6, 6.07) is 0.212. The molecule has 0 bridgehead atoms. The summed E-state index contributed by atoms with van der Waals surface area (Å²) in [5, 5.41) is 6.65. The molecular weight excluding hydrogens is 476 g/mol. The minimum absolute atomic E-state index is 0. The summed E-state index contributed by atoms with van der Waals surface area (Å²) in [5.74, 6) is 3.06. The molecule has 2 atom stereocenters. The van der Waals surface area contributed by atoms with Gasteiger partial charge < -0.3 is 26.0 Å². The van der Waals surface area contributed by atoms with Crippen molar-refractivity contribution >= 4 is 23.2 Å². The smallest absolute Gasteiger partial charge is 0.409 e. The number of likely N-dealkylation sites (tertiary alicyclic amines) is 1. The van der Waals surface area contributed by atoms with E-state index in [0.717, 1.165) is 59.7 Å². The number of carbonyl (C=O) groups excluding carboxylic acids is 1. The summed E-state index contributed by atoms with van der Waals surface area (Å²) in [4.78, 5) is 23.5. The zero-order valence-corrected chi connectivity index (χ0v) is 23.5. The van der Waals surface area contributed by atoms with Crippen molar-refractivity contribution in [3.8, 4) is 0 Å². The molecule has 1 radical (unpaired) electrons. The molecule has 5 rings (SSSR count). The van der Waals surface area contributed by atoms with Crippen LogP contribution in [-0.4, -0.2) is 60.3 Å². The van der Waals surface area contributed by atoms with E-state index in [-0.39, 0.29) is 13.6 Å². The van der Waals surface area contributed by atoms with Gasteiger partial charge in [0, 0.05) is 51.5 Å². The maximum atomic E-state index is 12.0. The van der Waals surface area contributed by atoms with Gasteiger partial charge in [-0.3, -0.25) is 0 Å². The minimum Gasteiger partial charge on any atom is -0.453 e. The van der Waals surface area contributed by atoms with E-state index in [1.54, 1.807) is 4.90 Å². The van der Waals surface area contributed by atoms with Crippen molar-refractivity contribution in [2.75, 3.05) is 32.6 Å². The molecule has 2 fully saturated rings. The topological polar surface area (TPSA) is 105 Å². The van der Waals surface area contributed by atoms with E-state index in [4.69, 9.17) is 20.4 Å². The lowest BCUT2D eigenvalue weighted by atomic mass is 9.87. The van der Waals surface area contributed by atoms with Crippen molar-refractivity contribution < 1.29 is 11.0 Å². The third kappa shape index (κ3) is 6.29. The van der Waals surface area contributed by atoms with E-state index in [2.05, 4.69) is 35.8 Å². The number of anilines is 1. The lowest BCUT2D eigenvalue weighted by molar-refractivity contribution is 0.132. The Morgan fingerprint density at radius 3 is 2.66 bits per heavy atom. The fourth-order valence-electron chi connectivity index (χ4n) is 5.56. The van der Waals surface area contributed by atoms with E-state index in [1.165, 1.54) is 25.9 Å². The second-order valence-corrected chi connectivity index (χ2v) is 10.4. The number of allylic oxidation sites excluding steroid dienone is 4. The van der Waals surface area contributed by atoms with Gasteiger partial charge in [-0.25, -0.2) is 14.8 Å². The highest BCUT2D eigenvalue weighted by molar-refractivity contribution is 5.97. The summed E-state index contributed by atoms with van der Waals surface area (Å²) in [6.07, 6.45) is 17.7. The number of nitrogens with one attached hydrogen (secondary N) is 2. The van der Waals surface area contributed by atoms with Crippen LogP contribution in [0.15, 0.2) is 42.3 Å². The molecule has 38 heavy (non-hydrogen) atoms. The number of carbonyl (C=O) groups is 1. The number of hydrogen-bond donors (Lipinski definition) is 3. The molecule has 1 saturated heterocycles. The van der Waals surface area contributed by atoms with Crippen LogP contribution in [0.1, 0.15) is 65.6 Å². The molecular formula is C30H45N6O2. The lowest BCUT2D eigenvalue weighted by Gasteiger charge is -2.27. The Morgan fingerprint density at radius 1 is 1.21 bits per heavy atom. The van der Waals surface area contributed by atoms with Crippen molar-refractivity contribution in [2.45, 2.75) is 65.0 Å². The molecule has 2 unspecified atom stereocenters. The first-order chi connectivity index (χ1) is 18.5. The van der Waals surface area contributed by atoms with E-state index < -0.39 is 0 Å². The highest BCUT2D eigenvalue weighted by atomic mass is 16.5. The zero-order valence-electron chi connectivity index (χ0n) is 23.5. The SMILES string of the molecule is CC.CN/C=C1/C=CC(c2cnc(NC3CCC(C)CC3)nc2C2=C[C]2C2CCN(C(=O)OC)C2)=CC1N.[HH]. The van der Waals surface area contributed by atoms with Crippen LogP contribution in [0.3, 0.4) is 0 Å². The normalized spacial score (nSPS) is 27.7. The van der Waals surface area contributed by atoms with Gasteiger partial charge in [-0.05, 0) is 60.7 Å². The van der Waals surface area contributed by atoms with Crippen LogP contribution in [0.25, 0.3) is 11.1 Å². The quantitative estimate of drug-likeness (QED) is 0.473. The van der Waals surface area contributed by atoms with Crippen molar-refractivity contribution in [3.05, 3.63) is 59.4 Å². The average molecular weight is 522 g/mol. The molecule has 0 aromatic carbocycles. The predicted octanol–water partition coefficient (Wildman–Crippen LogP) is 5.18. The number of nitrogens with zero attached hydrogens (tertiary/aromatic N) is 3. The maximum Gasteiger partial charge on any atom is 0.409 e. The Bertz CT molecular complexity index is 1120. The molecule has 1 saturated carbocycles. The van der Waals surface area contributed by atoms with E-state index in [0.29, 0.717) is 24.5 Å². The molecule has 8 nitrogen and oxygen atoms in total. The van der Waals surface area contributed by atoms with Crippen LogP contribution in [0.4, 0.5) is 10.7 Å². The zero-order chi connectivity index (χ0) is 27.2. The molecule has 0 spiro atoms. The molecule has 2 heterocycles. The number of methoxy groups -OCH3 is 1. The summed E-state index contributed by atoms with van der Waals surface area (Å²) in [6.45, 7) is 7.72. The first kappa shape index (κ1) is 27.9. The van der Waals surface area contributed by atoms with Crippen molar-refractivity contribution in [3.63, 3.8) is 0 Å². The maximum absolute atomic E-state index is 12.0. The first-order valence-corrected chi connectivity index (χ1v) is 14.1. The summed E-state index contributed by atoms with van der Waals surface area (Å²) in [5.41, 5.74) is 11.6. The molecule has 4 aliphatic rings. The fraction of sp³-hybridized carbons (Fsp3) is 0.533. The number of ether oxygens (including phenoxy) is 1. The molecule has 1 aromatic rings. The second kappa shape index (κ2) is 12.6. The highest BCUT2D eigenvalue weighted by Crippen LogP contribution is 2.50. The monoisotopic (exact) mass is 521 g/mol. The standard InChI is InChI=1S/C28H37N6O2.C2H6.H2/c1-17-4-8-21(9-5-17)32-27-31-15-24(18-6-7-19(14-30-2)25(29)12-18)26(33-27)23-13-22(23)20-10-11-34(16-20)28(35)36-3;1-2;/h6-7,12-15,17,20-21,25,30H,4-5,8-11,16,29H2,1-3H3,(H,31,32,33);1-2H3;1H/b19-14-;;.